The smallest absolute Gasteiger partial charge is 0.224 e. The first-order chi connectivity index (χ1) is 9.33. The lowest BCUT2D eigenvalue weighted by Crippen LogP contribution is -2.33. The molecule has 116 valence electrons. The molecule has 3 N–H and O–H groups in total. The zero-order valence-corrected chi connectivity index (χ0v) is 13.2. The van der Waals surface area contributed by atoms with Gasteiger partial charge in [0.2, 0.25) is 5.91 Å². The molecule has 21 heavy (non-hydrogen) atoms. The minimum Gasteiger partial charge on any atom is -0.355 e. The van der Waals surface area contributed by atoms with Crippen LogP contribution in [0.2, 0.25) is 0 Å². The highest BCUT2D eigenvalue weighted by atomic mass is 35.5. The van der Waals surface area contributed by atoms with Crippen LogP contribution in [0, 0.1) is 5.92 Å². The third-order valence-corrected chi connectivity index (χ3v) is 3.53. The van der Waals surface area contributed by atoms with E-state index in [9.17, 15) is 4.79 Å². The molecule has 0 bridgehead atoms. The average molecular weight is 331 g/mol. The number of carbonyl (C=O) groups excluding carboxylic acids is 1. The number of benzene rings is 1. The van der Waals surface area contributed by atoms with Crippen LogP contribution in [0.3, 0.4) is 0 Å². The number of fused-ring (bicyclic) bond motifs is 1. The summed E-state index contributed by atoms with van der Waals surface area (Å²) < 4.78 is 0. The molecular formula is C14H20Cl2N4O. The monoisotopic (exact) mass is 330 g/mol. The normalized spacial score (nSPS) is 17.0. The third kappa shape index (κ3) is 4.33. The minimum atomic E-state index is 0. The van der Waals surface area contributed by atoms with Crippen molar-refractivity contribution in [3.8, 4) is 0 Å². The Morgan fingerprint density at radius 2 is 2.14 bits per heavy atom. The van der Waals surface area contributed by atoms with E-state index in [4.69, 9.17) is 0 Å². The molecular weight excluding hydrogens is 311 g/mol. The van der Waals surface area contributed by atoms with Gasteiger partial charge >= 0.3 is 0 Å². The van der Waals surface area contributed by atoms with Crippen molar-refractivity contribution >= 4 is 41.8 Å². The van der Waals surface area contributed by atoms with Gasteiger partial charge in [-0.3, -0.25) is 4.79 Å². The van der Waals surface area contributed by atoms with Crippen molar-refractivity contribution in [3.05, 3.63) is 30.1 Å². The fourth-order valence-electron chi connectivity index (χ4n) is 2.45. The largest absolute Gasteiger partial charge is 0.355 e. The molecule has 1 aromatic heterocycles. The molecule has 1 amide bonds. The van der Waals surface area contributed by atoms with Gasteiger partial charge in [-0.25, -0.2) is 4.98 Å². The summed E-state index contributed by atoms with van der Waals surface area (Å²) >= 11 is 0. The fourth-order valence-corrected chi connectivity index (χ4v) is 2.45. The first-order valence-electron chi connectivity index (χ1n) is 6.75. The number of nitrogens with one attached hydrogen (secondary N) is 3. The molecule has 7 heteroatoms. The SMILES string of the molecule is Cl.Cl.O=C(NCCc1nc2ccccc2[nH]1)C1CCNC1. The van der Waals surface area contributed by atoms with Crippen LogP contribution in [0.5, 0.6) is 0 Å². The number of carbonyl (C=O) groups is 1. The number of aromatic amines is 1. The molecule has 1 aliphatic rings. The lowest BCUT2D eigenvalue weighted by molar-refractivity contribution is -0.124. The van der Waals surface area contributed by atoms with Crippen LogP contribution in [-0.4, -0.2) is 35.5 Å². The second-order valence-corrected chi connectivity index (χ2v) is 4.93. The van der Waals surface area contributed by atoms with Gasteiger partial charge in [-0.1, -0.05) is 12.1 Å². The molecule has 0 spiro atoms. The Hall–Kier alpha value is -1.30. The molecule has 5 nitrogen and oxygen atoms in total. The summed E-state index contributed by atoms with van der Waals surface area (Å²) in [6.45, 7) is 2.38. The number of imidazole rings is 1. The van der Waals surface area contributed by atoms with Crippen LogP contribution in [-0.2, 0) is 11.2 Å². The molecule has 0 radical (unpaired) electrons. The summed E-state index contributed by atoms with van der Waals surface area (Å²) in [5.74, 6) is 1.21. The van der Waals surface area contributed by atoms with Gasteiger partial charge in [0, 0.05) is 19.5 Å². The molecule has 1 unspecified atom stereocenters. The van der Waals surface area contributed by atoms with Crippen LogP contribution in [0.15, 0.2) is 24.3 Å². The molecule has 1 atom stereocenters. The van der Waals surface area contributed by atoms with Gasteiger partial charge in [-0.05, 0) is 25.1 Å². The summed E-state index contributed by atoms with van der Waals surface area (Å²) in [6.07, 6.45) is 1.68. The van der Waals surface area contributed by atoms with Crippen LogP contribution in [0.1, 0.15) is 12.2 Å². The van der Waals surface area contributed by atoms with Crippen molar-refractivity contribution in [1.29, 1.82) is 0 Å². The van der Waals surface area contributed by atoms with E-state index < -0.39 is 0 Å². The number of nitrogens with zero attached hydrogens (tertiary/aromatic N) is 1. The number of rotatable bonds is 4. The summed E-state index contributed by atoms with van der Waals surface area (Å²) in [5.41, 5.74) is 2.02. The highest BCUT2D eigenvalue weighted by Crippen LogP contribution is 2.10. The van der Waals surface area contributed by atoms with Gasteiger partial charge in [0.05, 0.1) is 17.0 Å². The Kier molecular flexibility index (Phi) is 6.95. The number of halogens is 2. The van der Waals surface area contributed by atoms with E-state index >= 15 is 0 Å². The standard InChI is InChI=1S/C14H18N4O.2ClH/c19-14(10-5-7-15-9-10)16-8-6-13-17-11-3-1-2-4-12(11)18-13;;/h1-4,10,15H,5-9H2,(H,16,19)(H,17,18);2*1H. The van der Waals surface area contributed by atoms with Crippen molar-refractivity contribution in [2.75, 3.05) is 19.6 Å². The maximum absolute atomic E-state index is 11.8. The predicted octanol–water partition coefficient (Wildman–Crippen LogP) is 1.67. The van der Waals surface area contributed by atoms with E-state index in [1.54, 1.807) is 0 Å². The molecule has 3 rings (SSSR count). The lowest BCUT2D eigenvalue weighted by Gasteiger charge is -2.08. The van der Waals surface area contributed by atoms with Gasteiger partial charge < -0.3 is 15.6 Å². The van der Waals surface area contributed by atoms with Crippen LogP contribution in [0.25, 0.3) is 11.0 Å². The van der Waals surface area contributed by atoms with Crippen molar-refractivity contribution < 1.29 is 4.79 Å². The van der Waals surface area contributed by atoms with E-state index in [2.05, 4.69) is 20.6 Å². The van der Waals surface area contributed by atoms with E-state index in [1.165, 1.54) is 0 Å². The summed E-state index contributed by atoms with van der Waals surface area (Å²) in [6, 6.07) is 7.95. The van der Waals surface area contributed by atoms with Crippen LogP contribution < -0.4 is 10.6 Å². The van der Waals surface area contributed by atoms with Crippen LogP contribution in [0.4, 0.5) is 0 Å². The quantitative estimate of drug-likeness (QED) is 0.798. The second-order valence-electron chi connectivity index (χ2n) is 4.93. The Balaban J connectivity index is 0.00000110. The molecule has 0 aliphatic carbocycles. The first-order valence-corrected chi connectivity index (χ1v) is 6.75. The van der Waals surface area contributed by atoms with E-state index in [1.807, 2.05) is 24.3 Å². The van der Waals surface area contributed by atoms with Gasteiger partial charge in [-0.2, -0.15) is 0 Å². The number of amides is 1. The number of H-pyrrole nitrogens is 1. The topological polar surface area (TPSA) is 69.8 Å². The minimum absolute atomic E-state index is 0. The maximum atomic E-state index is 11.8. The van der Waals surface area contributed by atoms with Gasteiger partial charge in [0.15, 0.2) is 0 Å². The Morgan fingerprint density at radius 3 is 2.86 bits per heavy atom. The number of hydrogen-bond donors (Lipinski definition) is 3. The van der Waals surface area contributed by atoms with E-state index in [0.717, 1.165) is 42.8 Å². The number of hydrogen-bond acceptors (Lipinski definition) is 3. The van der Waals surface area contributed by atoms with E-state index in [0.29, 0.717) is 6.54 Å². The highest BCUT2D eigenvalue weighted by molar-refractivity contribution is 5.85. The molecule has 1 aliphatic heterocycles. The van der Waals surface area contributed by atoms with Crippen LogP contribution >= 0.6 is 24.8 Å². The van der Waals surface area contributed by atoms with Gasteiger partial charge in [0.25, 0.3) is 0 Å². The maximum Gasteiger partial charge on any atom is 0.224 e. The molecule has 1 saturated heterocycles. The zero-order chi connectivity index (χ0) is 13.1. The first kappa shape index (κ1) is 17.8. The molecule has 2 aromatic rings. The Labute approximate surface area is 136 Å². The molecule has 1 fully saturated rings. The second kappa shape index (κ2) is 8.22. The molecule has 0 saturated carbocycles. The Morgan fingerprint density at radius 1 is 1.33 bits per heavy atom. The predicted molar refractivity (Wildman–Crippen MR) is 88.3 cm³/mol. The zero-order valence-electron chi connectivity index (χ0n) is 11.6. The molecule has 1 aromatic carbocycles. The summed E-state index contributed by atoms with van der Waals surface area (Å²) in [5, 5.41) is 6.18. The van der Waals surface area contributed by atoms with E-state index in [-0.39, 0.29) is 36.6 Å². The Bertz CT molecular complexity index is 548. The fraction of sp³-hybridized carbons (Fsp3) is 0.429. The van der Waals surface area contributed by atoms with Crippen molar-refractivity contribution in [2.45, 2.75) is 12.8 Å². The summed E-state index contributed by atoms with van der Waals surface area (Å²) in [7, 11) is 0. The molecule has 2 heterocycles. The van der Waals surface area contributed by atoms with Gasteiger partial charge in [-0.15, -0.1) is 24.8 Å². The van der Waals surface area contributed by atoms with Crippen molar-refractivity contribution in [1.82, 2.24) is 20.6 Å². The average Bonchev–Trinajstić information content (AvgIpc) is 3.07. The van der Waals surface area contributed by atoms with Gasteiger partial charge in [0.1, 0.15) is 5.82 Å². The summed E-state index contributed by atoms with van der Waals surface area (Å²) in [4.78, 5) is 19.6. The number of para-hydroxylation sites is 2. The third-order valence-electron chi connectivity index (χ3n) is 3.53. The highest BCUT2D eigenvalue weighted by Gasteiger charge is 2.21. The van der Waals surface area contributed by atoms with Crippen molar-refractivity contribution in [3.63, 3.8) is 0 Å². The lowest BCUT2D eigenvalue weighted by atomic mass is 10.1. The van der Waals surface area contributed by atoms with Crippen molar-refractivity contribution in [2.24, 2.45) is 5.92 Å². The number of aromatic nitrogens is 2.